The quantitative estimate of drug-likeness (QED) is 0.851. The van der Waals surface area contributed by atoms with Gasteiger partial charge in [-0.25, -0.2) is 4.39 Å². The van der Waals surface area contributed by atoms with Crippen LogP contribution < -0.4 is 10.5 Å². The van der Waals surface area contributed by atoms with Gasteiger partial charge in [-0.2, -0.15) is 0 Å². The Morgan fingerprint density at radius 2 is 2.12 bits per heavy atom. The molecule has 2 N–H and O–H groups in total. The summed E-state index contributed by atoms with van der Waals surface area (Å²) in [5.74, 6) is 0.598. The fraction of sp³-hybridized carbons (Fsp3) is 0.538. The van der Waals surface area contributed by atoms with Crippen LogP contribution >= 0.6 is 0 Å². The molecule has 16 heavy (non-hydrogen) atoms. The van der Waals surface area contributed by atoms with E-state index in [0.717, 1.165) is 25.0 Å². The van der Waals surface area contributed by atoms with Crippen molar-refractivity contribution in [1.29, 1.82) is 0 Å². The summed E-state index contributed by atoms with van der Waals surface area (Å²) in [5, 5.41) is 0. The summed E-state index contributed by atoms with van der Waals surface area (Å²) >= 11 is 0. The average molecular weight is 223 g/mol. The normalized spacial score (nSPS) is 17.2. The Bertz CT molecular complexity index is 399. The highest BCUT2D eigenvalue weighted by Crippen LogP contribution is 2.37. The lowest BCUT2D eigenvalue weighted by Crippen LogP contribution is -2.22. The third kappa shape index (κ3) is 2.35. The molecule has 0 aromatic heterocycles. The number of ether oxygens (including phenoxy) is 1. The molecule has 1 aliphatic rings. The number of nitrogens with two attached hydrogens (primary N) is 1. The minimum atomic E-state index is -0.120. The maximum atomic E-state index is 13.8. The predicted octanol–water partition coefficient (Wildman–Crippen LogP) is 2.57. The Kier molecular flexibility index (Phi) is 2.89. The van der Waals surface area contributed by atoms with E-state index in [4.69, 9.17) is 10.5 Å². The van der Waals surface area contributed by atoms with Crippen LogP contribution in [0.3, 0.4) is 0 Å². The van der Waals surface area contributed by atoms with E-state index in [0.29, 0.717) is 17.5 Å². The Balaban J connectivity index is 2.15. The van der Waals surface area contributed by atoms with E-state index in [-0.39, 0.29) is 11.4 Å². The second kappa shape index (κ2) is 4.06. The molecule has 0 unspecified atom stereocenters. The standard InChI is InChI=1S/C13H18FNO/c1-9-7-11(16-2)8-10(12(9)14)3-4-13(15)5-6-13/h7-8H,3-6,15H2,1-2H3. The zero-order valence-electron chi connectivity index (χ0n) is 9.85. The van der Waals surface area contributed by atoms with Crippen molar-refractivity contribution in [3.63, 3.8) is 0 Å². The fourth-order valence-corrected chi connectivity index (χ4v) is 1.90. The zero-order chi connectivity index (χ0) is 11.8. The van der Waals surface area contributed by atoms with Gasteiger partial charge in [0.25, 0.3) is 0 Å². The summed E-state index contributed by atoms with van der Waals surface area (Å²) in [5.41, 5.74) is 7.33. The summed E-state index contributed by atoms with van der Waals surface area (Å²) in [7, 11) is 1.60. The van der Waals surface area contributed by atoms with Crippen LogP contribution in [0.15, 0.2) is 12.1 Å². The largest absolute Gasteiger partial charge is 0.497 e. The molecule has 1 aliphatic carbocycles. The number of hydrogen-bond donors (Lipinski definition) is 1. The first-order valence-electron chi connectivity index (χ1n) is 5.66. The van der Waals surface area contributed by atoms with Gasteiger partial charge >= 0.3 is 0 Å². The highest BCUT2D eigenvalue weighted by Gasteiger charge is 2.37. The highest BCUT2D eigenvalue weighted by molar-refractivity contribution is 5.35. The summed E-state index contributed by atoms with van der Waals surface area (Å²) in [6.07, 6.45) is 3.69. The van der Waals surface area contributed by atoms with E-state index in [1.807, 2.05) is 0 Å². The van der Waals surface area contributed by atoms with Crippen LogP contribution in [0.25, 0.3) is 0 Å². The van der Waals surface area contributed by atoms with Crippen molar-refractivity contribution in [2.24, 2.45) is 5.73 Å². The second-order valence-electron chi connectivity index (χ2n) is 4.78. The van der Waals surface area contributed by atoms with Crippen molar-refractivity contribution >= 4 is 0 Å². The lowest BCUT2D eigenvalue weighted by atomic mass is 10.0. The first kappa shape index (κ1) is 11.4. The van der Waals surface area contributed by atoms with Gasteiger partial charge in [-0.3, -0.25) is 0 Å². The van der Waals surface area contributed by atoms with Gasteiger partial charge in [0.2, 0.25) is 0 Å². The number of hydrogen-bond acceptors (Lipinski definition) is 2. The fourth-order valence-electron chi connectivity index (χ4n) is 1.90. The lowest BCUT2D eigenvalue weighted by molar-refractivity contribution is 0.411. The molecule has 0 radical (unpaired) electrons. The Morgan fingerprint density at radius 3 is 2.69 bits per heavy atom. The van der Waals surface area contributed by atoms with Crippen molar-refractivity contribution in [2.75, 3.05) is 7.11 Å². The second-order valence-corrected chi connectivity index (χ2v) is 4.78. The Morgan fingerprint density at radius 1 is 1.44 bits per heavy atom. The third-order valence-electron chi connectivity index (χ3n) is 3.32. The van der Waals surface area contributed by atoms with Crippen LogP contribution in [0.2, 0.25) is 0 Å². The summed E-state index contributed by atoms with van der Waals surface area (Å²) in [4.78, 5) is 0. The molecule has 1 fully saturated rings. The smallest absolute Gasteiger partial charge is 0.129 e. The highest BCUT2D eigenvalue weighted by atomic mass is 19.1. The molecule has 0 heterocycles. The van der Waals surface area contributed by atoms with Crippen molar-refractivity contribution in [3.05, 3.63) is 29.1 Å². The summed E-state index contributed by atoms with van der Waals surface area (Å²) < 4.78 is 19.0. The monoisotopic (exact) mass is 223 g/mol. The van der Waals surface area contributed by atoms with Crippen molar-refractivity contribution in [2.45, 2.75) is 38.1 Å². The number of rotatable bonds is 4. The van der Waals surface area contributed by atoms with Gasteiger partial charge in [0.15, 0.2) is 0 Å². The lowest BCUT2D eigenvalue weighted by Gasteiger charge is -2.11. The third-order valence-corrected chi connectivity index (χ3v) is 3.32. The number of aryl methyl sites for hydroxylation is 2. The van der Waals surface area contributed by atoms with Gasteiger partial charge in [-0.15, -0.1) is 0 Å². The molecule has 0 saturated heterocycles. The van der Waals surface area contributed by atoms with Crippen LogP contribution in [0.4, 0.5) is 4.39 Å². The Hall–Kier alpha value is -1.09. The Labute approximate surface area is 95.6 Å². The molecule has 1 aromatic rings. The molecule has 0 atom stereocenters. The van der Waals surface area contributed by atoms with Gasteiger partial charge in [-0.05, 0) is 55.9 Å². The zero-order valence-corrected chi connectivity index (χ0v) is 9.85. The predicted molar refractivity (Wildman–Crippen MR) is 62.2 cm³/mol. The van der Waals surface area contributed by atoms with Gasteiger partial charge in [0, 0.05) is 5.54 Å². The van der Waals surface area contributed by atoms with Gasteiger partial charge in [0.1, 0.15) is 11.6 Å². The molecular weight excluding hydrogens is 205 g/mol. The van der Waals surface area contributed by atoms with E-state index < -0.39 is 0 Å². The summed E-state index contributed by atoms with van der Waals surface area (Å²) in [6, 6.07) is 3.49. The van der Waals surface area contributed by atoms with Crippen LogP contribution in [0.1, 0.15) is 30.4 Å². The van der Waals surface area contributed by atoms with Crippen LogP contribution in [-0.2, 0) is 6.42 Å². The maximum absolute atomic E-state index is 13.8. The molecule has 0 aliphatic heterocycles. The van der Waals surface area contributed by atoms with Crippen LogP contribution in [0.5, 0.6) is 5.75 Å². The van der Waals surface area contributed by atoms with Gasteiger partial charge in [-0.1, -0.05) is 0 Å². The van der Waals surface area contributed by atoms with Gasteiger partial charge in [0.05, 0.1) is 7.11 Å². The summed E-state index contributed by atoms with van der Waals surface area (Å²) in [6.45, 7) is 1.76. The minimum absolute atomic E-state index is 0.0244. The number of benzene rings is 1. The molecule has 0 amide bonds. The molecule has 0 bridgehead atoms. The SMILES string of the molecule is COc1cc(C)c(F)c(CCC2(N)CC2)c1. The van der Waals surface area contributed by atoms with Crippen molar-refractivity contribution < 1.29 is 9.13 Å². The minimum Gasteiger partial charge on any atom is -0.497 e. The van der Waals surface area contributed by atoms with E-state index in [1.165, 1.54) is 0 Å². The first-order valence-corrected chi connectivity index (χ1v) is 5.66. The van der Waals surface area contributed by atoms with Crippen molar-refractivity contribution in [1.82, 2.24) is 0 Å². The molecule has 88 valence electrons. The topological polar surface area (TPSA) is 35.2 Å². The molecule has 0 spiro atoms. The van der Waals surface area contributed by atoms with Crippen LogP contribution in [0, 0.1) is 12.7 Å². The first-order chi connectivity index (χ1) is 7.54. The molecule has 2 rings (SSSR count). The van der Waals surface area contributed by atoms with E-state index in [1.54, 1.807) is 26.2 Å². The van der Waals surface area contributed by atoms with Gasteiger partial charge < -0.3 is 10.5 Å². The molecule has 3 heteroatoms. The maximum Gasteiger partial charge on any atom is 0.129 e. The van der Waals surface area contributed by atoms with E-state index in [9.17, 15) is 4.39 Å². The van der Waals surface area contributed by atoms with Crippen LogP contribution in [-0.4, -0.2) is 12.6 Å². The van der Waals surface area contributed by atoms with E-state index in [2.05, 4.69) is 0 Å². The average Bonchev–Trinajstić information content (AvgIpc) is 2.99. The number of halogens is 1. The van der Waals surface area contributed by atoms with E-state index >= 15 is 0 Å². The molecule has 1 aromatic carbocycles. The molecule has 1 saturated carbocycles. The molecular formula is C13H18FNO. The molecule has 2 nitrogen and oxygen atoms in total. The number of methoxy groups -OCH3 is 1. The van der Waals surface area contributed by atoms with Crippen molar-refractivity contribution in [3.8, 4) is 5.75 Å².